The second-order valence-corrected chi connectivity index (χ2v) is 4.63. The van der Waals surface area contributed by atoms with E-state index in [0.29, 0.717) is 17.9 Å². The molecule has 1 heterocycles. The summed E-state index contributed by atoms with van der Waals surface area (Å²) < 4.78 is 5.55. The minimum absolute atomic E-state index is 0.00657. The third-order valence-corrected chi connectivity index (χ3v) is 2.79. The summed E-state index contributed by atoms with van der Waals surface area (Å²) in [7, 11) is 0. The fourth-order valence-corrected chi connectivity index (χ4v) is 1.83. The van der Waals surface area contributed by atoms with E-state index < -0.39 is 5.97 Å². The Kier molecular flexibility index (Phi) is 4.66. The Morgan fingerprint density at radius 1 is 1.14 bits per heavy atom. The Morgan fingerprint density at radius 3 is 2.48 bits per heavy atom. The van der Waals surface area contributed by atoms with Crippen LogP contribution in [0.4, 0.5) is 0 Å². The molecule has 0 amide bonds. The number of carbonyl (C=O) groups is 2. The van der Waals surface area contributed by atoms with Crippen molar-refractivity contribution in [3.63, 3.8) is 0 Å². The van der Waals surface area contributed by atoms with Gasteiger partial charge in [0.2, 0.25) is 0 Å². The monoisotopic (exact) mass is 285 g/mol. The van der Waals surface area contributed by atoms with E-state index in [4.69, 9.17) is 9.84 Å². The molecule has 2 aromatic rings. The van der Waals surface area contributed by atoms with E-state index in [0.717, 1.165) is 5.56 Å². The zero-order valence-corrected chi connectivity index (χ0v) is 11.6. The summed E-state index contributed by atoms with van der Waals surface area (Å²) in [6, 6.07) is 12.0. The number of ether oxygens (including phenoxy) is 1. The molecule has 0 aliphatic heterocycles. The van der Waals surface area contributed by atoms with Crippen LogP contribution >= 0.6 is 0 Å². The molecule has 0 saturated heterocycles. The highest BCUT2D eigenvalue weighted by Crippen LogP contribution is 2.14. The van der Waals surface area contributed by atoms with Gasteiger partial charge < -0.3 is 9.84 Å². The number of nitrogens with zero attached hydrogens (tertiary/aromatic N) is 1. The first kappa shape index (κ1) is 14.7. The fourth-order valence-electron chi connectivity index (χ4n) is 1.83. The molecule has 1 N–H and O–H groups in total. The van der Waals surface area contributed by atoms with Crippen molar-refractivity contribution < 1.29 is 19.4 Å². The van der Waals surface area contributed by atoms with Crippen LogP contribution in [0.1, 0.15) is 28.7 Å². The van der Waals surface area contributed by atoms with Crippen LogP contribution < -0.4 is 4.74 Å². The van der Waals surface area contributed by atoms with Crippen LogP contribution in [-0.4, -0.2) is 21.8 Å². The van der Waals surface area contributed by atoms with Gasteiger partial charge in [0.1, 0.15) is 23.8 Å². The number of rotatable bonds is 6. The number of carboxylic acids is 1. The van der Waals surface area contributed by atoms with E-state index in [2.05, 4.69) is 4.98 Å². The summed E-state index contributed by atoms with van der Waals surface area (Å²) in [5, 5.41) is 8.87. The van der Waals surface area contributed by atoms with E-state index in [-0.39, 0.29) is 18.1 Å². The average molecular weight is 285 g/mol. The van der Waals surface area contributed by atoms with Gasteiger partial charge in [0.25, 0.3) is 0 Å². The lowest BCUT2D eigenvalue weighted by Gasteiger charge is -2.07. The van der Waals surface area contributed by atoms with Crippen molar-refractivity contribution in [3.8, 4) is 5.75 Å². The largest absolute Gasteiger partial charge is 0.487 e. The highest BCUT2D eigenvalue weighted by molar-refractivity contribution is 5.85. The molecule has 1 aromatic carbocycles. The molecule has 0 aliphatic rings. The minimum atomic E-state index is -1.06. The van der Waals surface area contributed by atoms with Gasteiger partial charge in [-0.25, -0.2) is 9.78 Å². The fraction of sp³-hybridized carbons (Fsp3) is 0.188. The molecule has 0 aliphatic carbocycles. The summed E-state index contributed by atoms with van der Waals surface area (Å²) in [6.07, 6.45) is 0.405. The van der Waals surface area contributed by atoms with Crippen LogP contribution in [0.5, 0.6) is 5.75 Å². The number of carboxylic acid groups (broad SMARTS) is 1. The summed E-state index contributed by atoms with van der Waals surface area (Å²) in [5.74, 6) is -0.311. The number of aromatic carboxylic acids is 1. The Bertz CT molecular complexity index is 650. The smallest absolute Gasteiger partial charge is 0.354 e. The number of ketones is 1. The number of hydrogen-bond donors (Lipinski definition) is 1. The van der Waals surface area contributed by atoms with E-state index in [1.165, 1.54) is 6.07 Å². The molecule has 0 atom stereocenters. The lowest BCUT2D eigenvalue weighted by molar-refractivity contribution is -0.116. The average Bonchev–Trinajstić information content (AvgIpc) is 2.46. The van der Waals surface area contributed by atoms with Gasteiger partial charge in [-0.15, -0.1) is 0 Å². The predicted octanol–water partition coefficient (Wildman–Crippen LogP) is 2.49. The molecule has 108 valence electrons. The molecule has 21 heavy (non-hydrogen) atoms. The minimum Gasteiger partial charge on any atom is -0.487 e. The Labute approximate surface area is 122 Å². The first-order valence-electron chi connectivity index (χ1n) is 6.45. The van der Waals surface area contributed by atoms with Crippen LogP contribution in [0.3, 0.4) is 0 Å². The van der Waals surface area contributed by atoms with E-state index >= 15 is 0 Å². The van der Waals surface area contributed by atoms with Crippen molar-refractivity contribution in [2.45, 2.75) is 20.0 Å². The summed E-state index contributed by atoms with van der Waals surface area (Å²) in [6.45, 7) is 1.73. The summed E-state index contributed by atoms with van der Waals surface area (Å²) in [4.78, 5) is 25.8. The quantitative estimate of drug-likeness (QED) is 0.882. The molecule has 2 rings (SSSR count). The van der Waals surface area contributed by atoms with Gasteiger partial charge in [0, 0.05) is 6.42 Å². The number of aromatic nitrogens is 1. The number of benzene rings is 1. The van der Waals surface area contributed by atoms with Crippen molar-refractivity contribution in [1.29, 1.82) is 0 Å². The third kappa shape index (κ3) is 4.42. The molecule has 5 nitrogen and oxygen atoms in total. The summed E-state index contributed by atoms with van der Waals surface area (Å²) >= 11 is 0. The second-order valence-electron chi connectivity index (χ2n) is 4.63. The number of Topliss-reactive ketones (excluding diaryl/α,β-unsaturated/α-hetero) is 1. The van der Waals surface area contributed by atoms with Gasteiger partial charge in [0.15, 0.2) is 0 Å². The SMILES string of the molecule is CC(=O)Cc1ccc(OCc2cccc(C(=O)O)n2)cc1. The number of pyridine rings is 1. The molecule has 0 saturated carbocycles. The molecule has 0 bridgehead atoms. The van der Waals surface area contributed by atoms with Crippen LogP contribution in [-0.2, 0) is 17.8 Å². The van der Waals surface area contributed by atoms with Crippen LogP contribution in [0.15, 0.2) is 42.5 Å². The molecule has 0 spiro atoms. The Hall–Kier alpha value is -2.69. The highest BCUT2D eigenvalue weighted by atomic mass is 16.5. The zero-order chi connectivity index (χ0) is 15.2. The van der Waals surface area contributed by atoms with Gasteiger partial charge >= 0.3 is 5.97 Å². The maximum absolute atomic E-state index is 11.0. The molecule has 0 fully saturated rings. The van der Waals surface area contributed by atoms with Crippen LogP contribution in [0, 0.1) is 0 Å². The van der Waals surface area contributed by atoms with Crippen molar-refractivity contribution in [3.05, 3.63) is 59.4 Å². The molecular formula is C16H15NO4. The van der Waals surface area contributed by atoms with Gasteiger partial charge in [0.05, 0.1) is 5.69 Å². The Morgan fingerprint density at radius 2 is 1.86 bits per heavy atom. The number of carbonyl (C=O) groups excluding carboxylic acids is 1. The van der Waals surface area contributed by atoms with Gasteiger partial charge in [-0.05, 0) is 36.8 Å². The maximum atomic E-state index is 11.0. The standard InChI is InChI=1S/C16H15NO4/c1-11(18)9-12-5-7-14(8-6-12)21-10-13-3-2-4-15(17-13)16(19)20/h2-8H,9-10H2,1H3,(H,19,20). The van der Waals surface area contributed by atoms with E-state index in [1.54, 1.807) is 31.2 Å². The third-order valence-electron chi connectivity index (χ3n) is 2.79. The van der Waals surface area contributed by atoms with E-state index in [9.17, 15) is 9.59 Å². The predicted molar refractivity (Wildman–Crippen MR) is 76.4 cm³/mol. The molecule has 0 unspecified atom stereocenters. The second kappa shape index (κ2) is 6.65. The first-order valence-corrected chi connectivity index (χ1v) is 6.45. The van der Waals surface area contributed by atoms with Crippen molar-refractivity contribution in [1.82, 2.24) is 4.98 Å². The normalized spacial score (nSPS) is 10.1. The molecular weight excluding hydrogens is 270 g/mol. The Balaban J connectivity index is 1.98. The molecule has 0 radical (unpaired) electrons. The van der Waals surface area contributed by atoms with Crippen molar-refractivity contribution in [2.24, 2.45) is 0 Å². The topological polar surface area (TPSA) is 76.5 Å². The summed E-state index contributed by atoms with van der Waals surface area (Å²) in [5.41, 5.74) is 1.47. The highest BCUT2D eigenvalue weighted by Gasteiger charge is 2.05. The van der Waals surface area contributed by atoms with E-state index in [1.807, 2.05) is 12.1 Å². The van der Waals surface area contributed by atoms with Crippen LogP contribution in [0.25, 0.3) is 0 Å². The van der Waals surface area contributed by atoms with Crippen molar-refractivity contribution in [2.75, 3.05) is 0 Å². The van der Waals surface area contributed by atoms with Gasteiger partial charge in [-0.3, -0.25) is 4.79 Å². The van der Waals surface area contributed by atoms with Crippen LogP contribution in [0.2, 0.25) is 0 Å². The molecule has 5 heteroatoms. The van der Waals surface area contributed by atoms with Gasteiger partial charge in [-0.1, -0.05) is 18.2 Å². The lowest BCUT2D eigenvalue weighted by atomic mass is 10.1. The van der Waals surface area contributed by atoms with Gasteiger partial charge in [-0.2, -0.15) is 0 Å². The molecule has 1 aromatic heterocycles. The maximum Gasteiger partial charge on any atom is 0.354 e. The lowest BCUT2D eigenvalue weighted by Crippen LogP contribution is -2.05. The van der Waals surface area contributed by atoms with Crippen molar-refractivity contribution >= 4 is 11.8 Å². The zero-order valence-electron chi connectivity index (χ0n) is 11.6. The first-order chi connectivity index (χ1) is 10.0. The number of hydrogen-bond acceptors (Lipinski definition) is 4.